The van der Waals surface area contributed by atoms with Crippen molar-refractivity contribution in [3.8, 4) is 0 Å². The fraction of sp³-hybridized carbons (Fsp3) is 0.133. The molecule has 0 aliphatic rings. The SMILES string of the molecule is CN(C)c1ccc([N+](=O)[O-])cc1/C=N\Nc1ccccc1. The van der Waals surface area contributed by atoms with Gasteiger partial charge in [0.2, 0.25) is 0 Å². The Bertz CT molecular complexity index is 654. The fourth-order valence-corrected chi connectivity index (χ4v) is 1.86. The predicted octanol–water partition coefficient (Wildman–Crippen LogP) is 3.11. The summed E-state index contributed by atoms with van der Waals surface area (Å²) in [4.78, 5) is 12.3. The van der Waals surface area contributed by atoms with E-state index in [0.717, 1.165) is 11.4 Å². The van der Waals surface area contributed by atoms with Crippen LogP contribution in [0.1, 0.15) is 5.56 Å². The highest BCUT2D eigenvalue weighted by Gasteiger charge is 2.10. The van der Waals surface area contributed by atoms with Gasteiger partial charge in [0.1, 0.15) is 0 Å². The molecule has 0 bridgehead atoms. The second-order valence-electron chi connectivity index (χ2n) is 4.63. The number of benzene rings is 2. The number of hydrogen-bond acceptors (Lipinski definition) is 5. The zero-order valence-electron chi connectivity index (χ0n) is 11.9. The molecule has 0 aliphatic carbocycles. The van der Waals surface area contributed by atoms with E-state index in [4.69, 9.17) is 0 Å². The molecule has 6 nitrogen and oxygen atoms in total. The smallest absolute Gasteiger partial charge is 0.270 e. The Morgan fingerprint density at radius 1 is 1.19 bits per heavy atom. The molecule has 0 aromatic heterocycles. The Labute approximate surface area is 122 Å². The highest BCUT2D eigenvalue weighted by atomic mass is 16.6. The van der Waals surface area contributed by atoms with E-state index in [9.17, 15) is 10.1 Å². The van der Waals surface area contributed by atoms with Gasteiger partial charge in [-0.25, -0.2) is 0 Å². The second-order valence-corrected chi connectivity index (χ2v) is 4.63. The summed E-state index contributed by atoms with van der Waals surface area (Å²) in [6.45, 7) is 0. The van der Waals surface area contributed by atoms with Crippen LogP contribution in [0, 0.1) is 10.1 Å². The summed E-state index contributed by atoms with van der Waals surface area (Å²) in [6.07, 6.45) is 1.58. The molecular formula is C15H16N4O2. The lowest BCUT2D eigenvalue weighted by atomic mass is 10.1. The predicted molar refractivity (Wildman–Crippen MR) is 85.1 cm³/mol. The van der Waals surface area contributed by atoms with E-state index in [1.54, 1.807) is 12.3 Å². The lowest BCUT2D eigenvalue weighted by Crippen LogP contribution is -2.11. The number of rotatable bonds is 5. The average Bonchev–Trinajstić information content (AvgIpc) is 2.48. The lowest BCUT2D eigenvalue weighted by Gasteiger charge is -2.14. The van der Waals surface area contributed by atoms with Gasteiger partial charge in [0.05, 0.1) is 16.8 Å². The molecule has 0 amide bonds. The van der Waals surface area contributed by atoms with Gasteiger partial charge in [-0.3, -0.25) is 15.5 Å². The van der Waals surface area contributed by atoms with E-state index in [2.05, 4.69) is 10.5 Å². The molecule has 0 aliphatic heterocycles. The maximum absolute atomic E-state index is 10.9. The first kappa shape index (κ1) is 14.5. The summed E-state index contributed by atoms with van der Waals surface area (Å²) in [7, 11) is 3.76. The largest absolute Gasteiger partial charge is 0.377 e. The first-order valence-corrected chi connectivity index (χ1v) is 6.38. The second kappa shape index (κ2) is 6.51. The Hall–Kier alpha value is -2.89. The number of hydrogen-bond donors (Lipinski definition) is 1. The highest BCUT2D eigenvalue weighted by molar-refractivity contribution is 5.89. The van der Waals surface area contributed by atoms with Crippen LogP contribution in [0.15, 0.2) is 53.6 Å². The van der Waals surface area contributed by atoms with Crippen LogP contribution >= 0.6 is 0 Å². The van der Waals surface area contributed by atoms with Gasteiger partial charge in [-0.15, -0.1) is 0 Å². The number of nitro groups is 1. The number of anilines is 2. The van der Waals surface area contributed by atoms with E-state index >= 15 is 0 Å². The quantitative estimate of drug-likeness (QED) is 0.520. The standard InChI is InChI=1S/C15H16N4O2/c1-18(2)15-9-8-14(19(20)21)10-12(15)11-16-17-13-6-4-3-5-7-13/h3-11,17H,1-2H3/b16-11-. The van der Waals surface area contributed by atoms with E-state index < -0.39 is 4.92 Å². The first-order chi connectivity index (χ1) is 10.1. The van der Waals surface area contributed by atoms with Crippen molar-refractivity contribution < 1.29 is 4.92 Å². The van der Waals surface area contributed by atoms with Crippen LogP contribution < -0.4 is 10.3 Å². The van der Waals surface area contributed by atoms with Crippen molar-refractivity contribution in [1.82, 2.24) is 0 Å². The molecular weight excluding hydrogens is 268 g/mol. The van der Waals surface area contributed by atoms with Gasteiger partial charge in [-0.05, 0) is 18.2 Å². The number of hydrazone groups is 1. The summed E-state index contributed by atoms with van der Waals surface area (Å²) >= 11 is 0. The van der Waals surface area contributed by atoms with E-state index in [1.165, 1.54) is 12.1 Å². The van der Waals surface area contributed by atoms with Crippen molar-refractivity contribution in [2.45, 2.75) is 0 Å². The molecule has 0 saturated heterocycles. The average molecular weight is 284 g/mol. The molecule has 6 heteroatoms. The van der Waals surface area contributed by atoms with Crippen LogP contribution in [0.4, 0.5) is 17.1 Å². The van der Waals surface area contributed by atoms with E-state index in [1.807, 2.05) is 49.3 Å². The Kier molecular flexibility index (Phi) is 4.50. The molecule has 1 N–H and O–H groups in total. The van der Waals surface area contributed by atoms with Gasteiger partial charge in [0.25, 0.3) is 5.69 Å². The molecule has 21 heavy (non-hydrogen) atoms. The third-order valence-electron chi connectivity index (χ3n) is 2.87. The zero-order valence-corrected chi connectivity index (χ0v) is 11.9. The molecule has 2 aromatic carbocycles. The zero-order chi connectivity index (χ0) is 15.2. The summed E-state index contributed by atoms with van der Waals surface area (Å²) in [5.74, 6) is 0. The third-order valence-corrected chi connectivity index (χ3v) is 2.87. The Balaban J connectivity index is 2.24. The van der Waals surface area contributed by atoms with Gasteiger partial charge in [-0.2, -0.15) is 5.10 Å². The van der Waals surface area contributed by atoms with Gasteiger partial charge in [-0.1, -0.05) is 18.2 Å². The highest BCUT2D eigenvalue weighted by Crippen LogP contribution is 2.22. The fourth-order valence-electron chi connectivity index (χ4n) is 1.86. The van der Waals surface area contributed by atoms with Crippen molar-refractivity contribution >= 4 is 23.3 Å². The molecule has 0 unspecified atom stereocenters. The summed E-state index contributed by atoms with van der Waals surface area (Å²) < 4.78 is 0. The molecule has 0 saturated carbocycles. The van der Waals surface area contributed by atoms with Crippen LogP contribution in [0.25, 0.3) is 0 Å². The topological polar surface area (TPSA) is 70.8 Å². The Morgan fingerprint density at radius 3 is 2.52 bits per heavy atom. The monoisotopic (exact) mass is 284 g/mol. The number of para-hydroxylation sites is 1. The molecule has 0 radical (unpaired) electrons. The van der Waals surface area contributed by atoms with Crippen LogP contribution in [0.2, 0.25) is 0 Å². The van der Waals surface area contributed by atoms with Crippen molar-refractivity contribution in [3.05, 3.63) is 64.2 Å². The molecule has 0 heterocycles. The van der Waals surface area contributed by atoms with Crippen LogP contribution in [-0.2, 0) is 0 Å². The molecule has 0 atom stereocenters. The van der Waals surface area contributed by atoms with Crippen LogP contribution in [-0.4, -0.2) is 25.2 Å². The minimum atomic E-state index is -0.415. The van der Waals surface area contributed by atoms with Crippen molar-refractivity contribution in [2.24, 2.45) is 5.10 Å². The number of nitro benzene ring substituents is 1. The lowest BCUT2D eigenvalue weighted by molar-refractivity contribution is -0.384. The number of nitrogens with one attached hydrogen (secondary N) is 1. The van der Waals surface area contributed by atoms with Gasteiger partial charge < -0.3 is 4.90 Å². The van der Waals surface area contributed by atoms with Crippen LogP contribution in [0.5, 0.6) is 0 Å². The van der Waals surface area contributed by atoms with Gasteiger partial charge in [0, 0.05) is 37.5 Å². The van der Waals surface area contributed by atoms with Crippen LogP contribution in [0.3, 0.4) is 0 Å². The van der Waals surface area contributed by atoms with Crippen molar-refractivity contribution in [2.75, 3.05) is 24.4 Å². The third kappa shape index (κ3) is 3.79. The summed E-state index contributed by atoms with van der Waals surface area (Å²) in [5, 5.41) is 15.0. The van der Waals surface area contributed by atoms with E-state index in [-0.39, 0.29) is 5.69 Å². The van der Waals surface area contributed by atoms with Gasteiger partial charge >= 0.3 is 0 Å². The maximum atomic E-state index is 10.9. The Morgan fingerprint density at radius 2 is 1.90 bits per heavy atom. The van der Waals surface area contributed by atoms with Crippen molar-refractivity contribution in [1.29, 1.82) is 0 Å². The molecule has 0 spiro atoms. The molecule has 2 aromatic rings. The number of non-ortho nitro benzene ring substituents is 1. The minimum Gasteiger partial charge on any atom is -0.377 e. The normalized spacial score (nSPS) is 10.6. The summed E-state index contributed by atoms with van der Waals surface area (Å²) in [5.41, 5.74) is 5.32. The molecule has 0 fully saturated rings. The minimum absolute atomic E-state index is 0.0433. The first-order valence-electron chi connectivity index (χ1n) is 6.38. The van der Waals surface area contributed by atoms with Crippen molar-refractivity contribution in [3.63, 3.8) is 0 Å². The summed E-state index contributed by atoms with van der Waals surface area (Å²) in [6, 6.07) is 14.2. The maximum Gasteiger partial charge on any atom is 0.270 e. The molecule has 108 valence electrons. The number of nitrogens with zero attached hydrogens (tertiary/aromatic N) is 3. The van der Waals surface area contributed by atoms with Gasteiger partial charge in [0.15, 0.2) is 0 Å². The molecule has 2 rings (SSSR count). The van der Waals surface area contributed by atoms with E-state index in [0.29, 0.717) is 5.56 Å².